The Morgan fingerprint density at radius 2 is 1.52 bits per heavy atom. The van der Waals surface area contributed by atoms with Gasteiger partial charge in [-0.1, -0.05) is 108 Å². The summed E-state index contributed by atoms with van der Waals surface area (Å²) in [4.78, 5) is 4.44. The average molecular weight is 367 g/mol. The smallest absolute Gasteiger partial charge is 0.266 e. The van der Waals surface area contributed by atoms with Gasteiger partial charge < -0.3 is 4.74 Å². The molecule has 5 heteroatoms. The molecule has 0 aliphatic carbocycles. The maximum absolute atomic E-state index is 5.93. The van der Waals surface area contributed by atoms with E-state index in [-0.39, 0.29) is 18.0 Å². The van der Waals surface area contributed by atoms with Crippen molar-refractivity contribution in [2.45, 2.75) is 15.9 Å². The lowest BCUT2D eigenvalue weighted by atomic mass is 10.0. The fourth-order valence-electron chi connectivity index (χ4n) is 2.39. The molecule has 0 bridgehead atoms. The minimum absolute atomic E-state index is 0.124. The normalized spacial score (nSPS) is 21.3. The lowest BCUT2D eigenvalue weighted by molar-refractivity contribution is 0.207. The van der Waals surface area contributed by atoms with Gasteiger partial charge in [0.2, 0.25) is 5.90 Å². The van der Waals surface area contributed by atoms with Crippen molar-refractivity contribution in [1.29, 1.82) is 0 Å². The lowest BCUT2D eigenvalue weighted by Crippen LogP contribution is -2.20. The van der Waals surface area contributed by atoms with Crippen molar-refractivity contribution in [3.05, 3.63) is 77.9 Å². The van der Waals surface area contributed by atoms with E-state index in [1.165, 1.54) is 0 Å². The number of benzene rings is 2. The van der Waals surface area contributed by atoms with Crippen molar-refractivity contribution < 1.29 is 4.74 Å². The molecule has 23 heavy (non-hydrogen) atoms. The maximum Gasteiger partial charge on any atom is 0.266 e. The van der Waals surface area contributed by atoms with Gasteiger partial charge in [0, 0.05) is 0 Å². The van der Waals surface area contributed by atoms with Crippen LogP contribution in [0.4, 0.5) is 0 Å². The van der Waals surface area contributed by atoms with Gasteiger partial charge in [0.25, 0.3) is 3.79 Å². The van der Waals surface area contributed by atoms with Crippen LogP contribution in [0.25, 0.3) is 6.08 Å². The van der Waals surface area contributed by atoms with Crippen molar-refractivity contribution in [3.63, 3.8) is 0 Å². The second-order valence-electron chi connectivity index (χ2n) is 5.14. The molecule has 2 aromatic rings. The molecule has 1 aliphatic rings. The first-order chi connectivity index (χ1) is 11.0. The maximum atomic E-state index is 5.93. The zero-order valence-electron chi connectivity index (χ0n) is 12.1. The Morgan fingerprint density at radius 3 is 2.13 bits per heavy atom. The van der Waals surface area contributed by atoms with Gasteiger partial charge in [-0.2, -0.15) is 0 Å². The van der Waals surface area contributed by atoms with Gasteiger partial charge in [-0.05, 0) is 11.1 Å². The Hall–Kier alpha value is -1.48. The molecule has 0 spiro atoms. The quantitative estimate of drug-likeness (QED) is 0.647. The Labute approximate surface area is 150 Å². The average Bonchev–Trinajstić information content (AvgIpc) is 2.99. The molecule has 0 saturated carbocycles. The van der Waals surface area contributed by atoms with E-state index in [1.807, 2.05) is 72.8 Å². The van der Waals surface area contributed by atoms with Crippen molar-refractivity contribution in [2.75, 3.05) is 0 Å². The van der Waals surface area contributed by atoms with Crippen molar-refractivity contribution >= 4 is 46.8 Å². The van der Waals surface area contributed by atoms with Crippen LogP contribution in [0.5, 0.6) is 0 Å². The molecule has 0 fully saturated rings. The molecule has 1 aliphatic heterocycles. The minimum Gasteiger partial charge on any atom is -0.467 e. The van der Waals surface area contributed by atoms with E-state index in [4.69, 9.17) is 39.5 Å². The third-order valence-electron chi connectivity index (χ3n) is 3.47. The molecule has 2 aromatic carbocycles. The van der Waals surface area contributed by atoms with E-state index in [0.29, 0.717) is 0 Å². The van der Waals surface area contributed by atoms with Crippen LogP contribution in [0.1, 0.15) is 17.2 Å². The standard InChI is InChI=1S/C18H14Cl3NO/c19-18(20,21)17-22-15(12-11-13-7-3-1-4-8-13)16(23-17)14-9-5-2-6-10-14/h1-12,15-16H/b12-11+/t15-,16+/m0/s1. The number of rotatable bonds is 3. The largest absolute Gasteiger partial charge is 0.467 e. The summed E-state index contributed by atoms with van der Waals surface area (Å²) in [7, 11) is 0. The highest BCUT2D eigenvalue weighted by Gasteiger charge is 2.40. The van der Waals surface area contributed by atoms with Crippen molar-refractivity contribution in [2.24, 2.45) is 4.99 Å². The number of ether oxygens (including phenoxy) is 1. The summed E-state index contributed by atoms with van der Waals surface area (Å²) in [6.07, 6.45) is 3.66. The molecular weight excluding hydrogens is 353 g/mol. The predicted octanol–water partition coefficient (Wildman–Crippen LogP) is 5.61. The van der Waals surface area contributed by atoms with E-state index in [2.05, 4.69) is 4.99 Å². The van der Waals surface area contributed by atoms with Crippen LogP contribution in [-0.4, -0.2) is 15.7 Å². The lowest BCUT2D eigenvalue weighted by Gasteiger charge is -2.17. The summed E-state index contributed by atoms with van der Waals surface area (Å²) in [5, 5.41) is 0. The third kappa shape index (κ3) is 4.08. The van der Waals surface area contributed by atoms with Crippen LogP contribution < -0.4 is 0 Å². The Balaban J connectivity index is 1.89. The topological polar surface area (TPSA) is 21.6 Å². The Morgan fingerprint density at radius 1 is 0.913 bits per heavy atom. The number of alkyl halides is 3. The van der Waals surface area contributed by atoms with Gasteiger partial charge in [-0.3, -0.25) is 0 Å². The molecule has 0 N–H and O–H groups in total. The summed E-state index contributed by atoms with van der Waals surface area (Å²) >= 11 is 17.8. The van der Waals surface area contributed by atoms with Crippen LogP contribution in [0.15, 0.2) is 71.7 Å². The first-order valence-corrected chi connectivity index (χ1v) is 8.27. The molecule has 0 amide bonds. The molecule has 0 radical (unpaired) electrons. The van der Waals surface area contributed by atoms with Crippen molar-refractivity contribution in [3.8, 4) is 0 Å². The van der Waals surface area contributed by atoms with Gasteiger partial charge in [-0.25, -0.2) is 4.99 Å². The van der Waals surface area contributed by atoms with E-state index in [1.54, 1.807) is 0 Å². The highest BCUT2D eigenvalue weighted by Crippen LogP contribution is 2.38. The van der Waals surface area contributed by atoms with E-state index < -0.39 is 3.79 Å². The zero-order valence-corrected chi connectivity index (χ0v) is 14.3. The molecule has 1 heterocycles. The van der Waals surface area contributed by atoms with E-state index in [9.17, 15) is 0 Å². The fourth-order valence-corrected chi connectivity index (χ4v) is 2.67. The van der Waals surface area contributed by atoms with Crippen LogP contribution in [-0.2, 0) is 4.74 Å². The second kappa shape index (κ2) is 6.96. The number of hydrogen-bond acceptors (Lipinski definition) is 2. The van der Waals surface area contributed by atoms with Crippen LogP contribution >= 0.6 is 34.8 Å². The minimum atomic E-state index is -1.66. The highest BCUT2D eigenvalue weighted by atomic mass is 35.6. The SMILES string of the molecule is ClC(Cl)(Cl)C1=N[C@@H](/C=C/c2ccccc2)[C@@H](c2ccccc2)O1. The number of hydrogen-bond donors (Lipinski definition) is 0. The molecule has 118 valence electrons. The molecule has 0 unspecified atom stereocenters. The van der Waals surface area contributed by atoms with E-state index in [0.717, 1.165) is 11.1 Å². The Bertz CT molecular complexity index is 708. The fraction of sp³-hybridized carbons (Fsp3) is 0.167. The summed E-state index contributed by atoms with van der Waals surface area (Å²) in [5.74, 6) is 0.124. The molecule has 0 aromatic heterocycles. The first kappa shape index (κ1) is 16.4. The third-order valence-corrected chi connectivity index (χ3v) is 3.96. The molecule has 2 nitrogen and oxygen atoms in total. The summed E-state index contributed by atoms with van der Waals surface area (Å²) in [6.45, 7) is 0. The molecule has 0 saturated heterocycles. The Kier molecular flexibility index (Phi) is 4.96. The second-order valence-corrected chi connectivity index (χ2v) is 7.42. The zero-order chi connectivity index (χ0) is 16.3. The molecule has 3 rings (SSSR count). The van der Waals surface area contributed by atoms with Gasteiger partial charge >= 0.3 is 0 Å². The number of halogens is 3. The monoisotopic (exact) mass is 365 g/mol. The molecular formula is C18H14Cl3NO. The summed E-state index contributed by atoms with van der Waals surface area (Å²) in [6, 6.07) is 19.5. The summed E-state index contributed by atoms with van der Waals surface area (Å²) in [5.41, 5.74) is 2.07. The molecule has 2 atom stereocenters. The predicted molar refractivity (Wildman–Crippen MR) is 97.3 cm³/mol. The van der Waals surface area contributed by atoms with Crippen LogP contribution in [0, 0.1) is 0 Å². The highest BCUT2D eigenvalue weighted by molar-refractivity contribution is 6.76. The van der Waals surface area contributed by atoms with Gasteiger partial charge in [-0.15, -0.1) is 0 Å². The van der Waals surface area contributed by atoms with Gasteiger partial charge in [0.15, 0.2) is 6.10 Å². The summed E-state index contributed by atoms with van der Waals surface area (Å²) < 4.78 is 4.15. The van der Waals surface area contributed by atoms with Gasteiger partial charge in [0.05, 0.1) is 0 Å². The van der Waals surface area contributed by atoms with Crippen LogP contribution in [0.2, 0.25) is 0 Å². The number of nitrogens with zero attached hydrogens (tertiary/aromatic N) is 1. The number of aliphatic imine (C=N–C) groups is 1. The first-order valence-electron chi connectivity index (χ1n) is 7.14. The van der Waals surface area contributed by atoms with E-state index >= 15 is 0 Å². The van der Waals surface area contributed by atoms with Crippen molar-refractivity contribution in [1.82, 2.24) is 0 Å². The van der Waals surface area contributed by atoms with Crippen LogP contribution in [0.3, 0.4) is 0 Å². The van der Waals surface area contributed by atoms with Gasteiger partial charge in [0.1, 0.15) is 6.04 Å².